The number of aromatic hydroxyl groups is 2. The molecule has 10 aromatic heterocycles. The maximum Gasteiger partial charge on any atom is 0.261 e. The van der Waals surface area contributed by atoms with Gasteiger partial charge >= 0.3 is 0 Å². The topological polar surface area (TPSA) is 492 Å². The van der Waals surface area contributed by atoms with Gasteiger partial charge < -0.3 is 71.4 Å². The molecule has 22 rings (SSSR count). The molecular formula is C100H83Cl3F6N28O8. The number of aromatic nitrogens is 20. The predicted molar refractivity (Wildman–Crippen MR) is 535 cm³/mol. The summed E-state index contributed by atoms with van der Waals surface area (Å²) in [5, 5.41) is 68.6. The van der Waals surface area contributed by atoms with E-state index in [2.05, 4.69) is 149 Å². The van der Waals surface area contributed by atoms with Gasteiger partial charge in [-0.1, -0.05) is 126 Å². The van der Waals surface area contributed by atoms with Gasteiger partial charge in [0, 0.05) is 74.1 Å². The van der Waals surface area contributed by atoms with E-state index in [9.17, 15) is 60.5 Å². The van der Waals surface area contributed by atoms with Gasteiger partial charge in [0.15, 0.2) is 29.1 Å². The van der Waals surface area contributed by atoms with E-state index in [4.69, 9.17) is 39.5 Å². The Morgan fingerprint density at radius 3 is 1.10 bits per heavy atom. The maximum atomic E-state index is 14.0. The van der Waals surface area contributed by atoms with Gasteiger partial charge in [-0.2, -0.15) is 25.5 Å². The Kier molecular flexibility index (Phi) is 29.2. The molecule has 2 aliphatic rings. The number of piperazine rings is 1. The molecule has 2 aliphatic heterocycles. The number of nitrogens with zero attached hydrogens (tertiary/aromatic N) is 13. The Labute approximate surface area is 831 Å². The second-order valence-electron chi connectivity index (χ2n) is 33.1. The first-order valence-corrected chi connectivity index (χ1v) is 45.7. The molecule has 734 valence electrons. The van der Waals surface area contributed by atoms with Gasteiger partial charge in [0.1, 0.15) is 91.6 Å². The fourth-order valence-corrected chi connectivity index (χ4v) is 17.2. The van der Waals surface area contributed by atoms with E-state index in [1.165, 1.54) is 55.1 Å². The highest BCUT2D eigenvalue weighted by Crippen LogP contribution is 2.39. The maximum absolute atomic E-state index is 14.0. The van der Waals surface area contributed by atoms with E-state index >= 15 is 0 Å². The zero-order valence-corrected chi connectivity index (χ0v) is 78.8. The fourth-order valence-electron chi connectivity index (χ4n) is 16.2. The first-order chi connectivity index (χ1) is 70.2. The lowest BCUT2D eigenvalue weighted by Crippen LogP contribution is -2.43. The van der Waals surface area contributed by atoms with Crippen LogP contribution >= 0.6 is 34.8 Å². The third-order valence-electron chi connectivity index (χ3n) is 23.5. The molecule has 0 aliphatic carbocycles. The van der Waals surface area contributed by atoms with Gasteiger partial charge in [-0.05, 0) is 135 Å². The van der Waals surface area contributed by atoms with Crippen molar-refractivity contribution in [3.63, 3.8) is 0 Å². The first kappa shape index (κ1) is 97.8. The molecule has 12 heterocycles. The summed E-state index contributed by atoms with van der Waals surface area (Å²) < 4.78 is 89.0. The molecule has 2 fully saturated rings. The highest BCUT2D eigenvalue weighted by atomic mass is 35.5. The number of phenolic OH excluding ortho intramolecular Hbond substituents is 2. The van der Waals surface area contributed by atoms with E-state index in [0.717, 1.165) is 120 Å². The smallest absolute Gasteiger partial charge is 0.261 e. The summed E-state index contributed by atoms with van der Waals surface area (Å²) in [6.45, 7) is 11.3. The number of imidazole rings is 5. The SMILES string of the molecule is CN1CCN(Cc2c(O)ccc3[nH]c(-c4[nH]ncc4NC(=O)c4c(F)cccc4F)nc23)CC1.Cc1cccc(C)c1C(=O)Nc1cn[nH]c1-c1nc2ccccc2[nH]1.O=C(Nc1cn[nH]c1-c1nc2c(CN3CCOCC3)c(O)ccc2[nH]1)c1c(F)cccc1F.O=C(Nc1cn[nH]c1-c1nc2ccccc2[nH]1)c1c(Cl)cc(Cl)cc1Cl.O=C(Nc1cn[nH]c1-c1ncc(-c2ccccc2)[nH]1)c1c(F)cccc1F. The summed E-state index contributed by atoms with van der Waals surface area (Å²) >= 11 is 18.1. The highest BCUT2D eigenvalue weighted by molar-refractivity contribution is 6.42. The van der Waals surface area contributed by atoms with Crippen LogP contribution in [0.1, 0.15) is 74.0 Å². The molecular weight excluding hydrogens is 1940 g/mol. The number of nitrogens with one attached hydrogen (secondary N) is 15. The molecule has 45 heteroatoms. The number of ether oxygens (including phenoxy) is 1. The van der Waals surface area contributed by atoms with Gasteiger partial charge in [-0.25, -0.2) is 51.3 Å². The van der Waals surface area contributed by atoms with Crippen LogP contribution in [0.25, 0.3) is 113 Å². The number of likely N-dealkylation sites (N-methyl/N-ethyl adjacent to an activating group) is 1. The molecule has 0 radical (unpaired) electrons. The number of halogens is 9. The van der Waals surface area contributed by atoms with Crippen molar-refractivity contribution in [2.45, 2.75) is 26.9 Å². The second kappa shape index (κ2) is 43.4. The number of aromatic amines is 10. The Morgan fingerprint density at radius 1 is 0.366 bits per heavy atom. The minimum absolute atomic E-state index is 0.125. The van der Waals surface area contributed by atoms with Gasteiger partial charge in [-0.3, -0.25) is 59.3 Å². The average Bonchev–Trinajstić information content (AvgIpc) is 1.63. The summed E-state index contributed by atoms with van der Waals surface area (Å²) in [6, 6.07) is 49.9. The van der Waals surface area contributed by atoms with E-state index in [-0.39, 0.29) is 50.1 Å². The normalized spacial score (nSPS) is 12.7. The van der Waals surface area contributed by atoms with Crippen molar-refractivity contribution in [2.24, 2.45) is 0 Å². The molecule has 0 atom stereocenters. The van der Waals surface area contributed by atoms with Crippen molar-refractivity contribution < 1.29 is 65.3 Å². The number of rotatable bonds is 20. The lowest BCUT2D eigenvalue weighted by molar-refractivity contribution is 0.0340. The monoisotopic (exact) mass is 2020 g/mol. The van der Waals surface area contributed by atoms with Crippen LogP contribution in [0.15, 0.2) is 225 Å². The minimum atomic E-state index is -0.968. The van der Waals surface area contributed by atoms with Gasteiger partial charge in [0.05, 0.1) is 144 Å². The number of anilines is 5. The molecule has 17 N–H and O–H groups in total. The van der Waals surface area contributed by atoms with E-state index in [0.29, 0.717) is 139 Å². The lowest BCUT2D eigenvalue weighted by Gasteiger charge is -2.32. The Morgan fingerprint density at radius 2 is 0.703 bits per heavy atom. The number of fused-ring (bicyclic) bond motifs is 4. The summed E-state index contributed by atoms with van der Waals surface area (Å²) in [4.78, 5) is 108. The van der Waals surface area contributed by atoms with Crippen molar-refractivity contribution in [1.82, 2.24) is 116 Å². The van der Waals surface area contributed by atoms with Crippen LogP contribution in [0.2, 0.25) is 15.1 Å². The van der Waals surface area contributed by atoms with Crippen molar-refractivity contribution >= 4 is 137 Å². The Hall–Kier alpha value is -17.4. The van der Waals surface area contributed by atoms with Crippen LogP contribution in [0.3, 0.4) is 0 Å². The molecule has 145 heavy (non-hydrogen) atoms. The van der Waals surface area contributed by atoms with Crippen LogP contribution in [-0.4, -0.2) is 215 Å². The number of carbonyl (C=O) groups excluding carboxylic acids is 5. The van der Waals surface area contributed by atoms with Gasteiger partial charge in [-0.15, -0.1) is 0 Å². The standard InChI is InChI=1S/C23H23F2N7O2.C22H20F2N6O3.C19H13F2N5O.C19H17N5O.C17H10Cl3N5O/c1-31-7-9-32(10-8-31)12-13-18(33)6-5-16-20(13)29-22(27-16)21-17(11-26-30-21)28-23(34)19-14(24)3-2-4-15(19)25;23-13-2-1-3-14(24)18(13)22(32)27-16-10-25-29-20(16)21-26-15-4-5-17(31)12(19(15)28-21)11-30-6-8-33-9-7-30;20-12-7-4-8-13(21)16(12)19(27)25-15-10-23-26-17(15)18-22-9-14(24-18)11-5-2-1-3-6-11;1-11-6-5-7-12(2)16(11)19(25)23-15-10-20-24-17(15)18-21-13-8-3-4-9-14(13)22-18;18-8-5-9(19)14(10(20)6-8)17(26)24-13-7-21-25-15(13)16-22-11-3-1-2-4-12(11)23-16/h2-6,11,33H,7-10,12H2,1H3,(H,26,30)(H,27,29)(H,28,34);1-5,10,31H,6-9,11H2,(H,25,29)(H,26,28)(H,27,32);1-10H,(H,22,24)(H,23,26)(H,25,27);3-10H,1-2H3,(H,20,24)(H,21,22)(H,23,25);1-7H,(H,21,25)(H,22,23)(H,24,26). The molecule has 0 saturated carbocycles. The molecule has 0 bridgehead atoms. The number of H-pyrrole nitrogens is 10. The third kappa shape index (κ3) is 21.9. The molecule has 0 unspecified atom stereocenters. The van der Waals surface area contributed by atoms with Crippen LogP contribution < -0.4 is 26.6 Å². The molecule has 2 saturated heterocycles. The first-order valence-electron chi connectivity index (χ1n) is 44.6. The van der Waals surface area contributed by atoms with E-state index in [1.807, 2.05) is 111 Å². The number of phenols is 2. The number of aryl methyl sites for hydroxylation is 2. The quantitative estimate of drug-likeness (QED) is 0.0315. The van der Waals surface area contributed by atoms with E-state index in [1.54, 1.807) is 36.7 Å². The molecule has 10 aromatic carbocycles. The molecule has 5 amide bonds. The third-order valence-corrected chi connectivity index (χ3v) is 24.3. The molecule has 36 nitrogen and oxygen atoms in total. The lowest BCUT2D eigenvalue weighted by atomic mass is 10.0. The number of carbonyl (C=O) groups is 5. The number of benzene rings is 10. The van der Waals surface area contributed by atoms with Crippen LogP contribution in [0.4, 0.5) is 54.8 Å². The van der Waals surface area contributed by atoms with Crippen molar-refractivity contribution in [3.8, 4) is 80.3 Å². The van der Waals surface area contributed by atoms with Crippen LogP contribution in [0, 0.1) is 48.8 Å². The van der Waals surface area contributed by atoms with Gasteiger partial charge in [0.25, 0.3) is 29.5 Å². The summed E-state index contributed by atoms with van der Waals surface area (Å²) in [5.41, 5.74) is 13.7. The van der Waals surface area contributed by atoms with Crippen molar-refractivity contribution in [1.29, 1.82) is 0 Å². The number of hydrogen-bond acceptors (Lipinski definition) is 21. The van der Waals surface area contributed by atoms with Crippen molar-refractivity contribution in [2.75, 3.05) is 86.1 Å². The summed E-state index contributed by atoms with van der Waals surface area (Å²) in [5.74, 6) is -6.59. The molecule has 0 spiro atoms. The Balaban J connectivity index is 0.000000120. The molecule has 20 aromatic rings. The summed E-state index contributed by atoms with van der Waals surface area (Å²) in [6.07, 6.45) is 8.73. The average molecular weight is 2030 g/mol. The van der Waals surface area contributed by atoms with E-state index < -0.39 is 75.2 Å². The highest BCUT2D eigenvalue weighted by Gasteiger charge is 2.30. The van der Waals surface area contributed by atoms with Crippen LogP contribution in [-0.2, 0) is 17.8 Å². The number of amides is 5. The van der Waals surface area contributed by atoms with Gasteiger partial charge in [0.2, 0.25) is 0 Å². The summed E-state index contributed by atoms with van der Waals surface area (Å²) in [7, 11) is 2.08. The predicted octanol–water partition coefficient (Wildman–Crippen LogP) is 18.9. The second-order valence-corrected chi connectivity index (χ2v) is 34.4. The van der Waals surface area contributed by atoms with Crippen molar-refractivity contribution in [3.05, 3.63) is 325 Å². The number of morpholine rings is 1. The zero-order valence-electron chi connectivity index (χ0n) is 76.5. The number of hydrogen-bond donors (Lipinski definition) is 17. The number of para-hydroxylation sites is 4. The fraction of sp³-hybridized carbons (Fsp3) is 0.130. The largest absolute Gasteiger partial charge is 0.508 e. The minimum Gasteiger partial charge on any atom is -0.508 e. The van der Waals surface area contributed by atoms with Crippen LogP contribution in [0.5, 0.6) is 11.5 Å². The Bertz CT molecular complexity index is 8030. The zero-order chi connectivity index (χ0) is 101.